The molecule has 0 rings (SSSR count). The Kier molecular flexibility index (Phi) is 53.3. The summed E-state index contributed by atoms with van der Waals surface area (Å²) in [5.41, 5.74) is 0. The maximum Gasteiger partial charge on any atom is 0.306 e. The van der Waals surface area contributed by atoms with Gasteiger partial charge in [0, 0.05) is 19.4 Å². The van der Waals surface area contributed by atoms with Gasteiger partial charge in [-0.15, -0.1) is 0 Å². The van der Waals surface area contributed by atoms with E-state index in [4.69, 9.17) is 14.2 Å². The summed E-state index contributed by atoms with van der Waals surface area (Å²) in [6.45, 7) is 7.74. The first-order valence-corrected chi connectivity index (χ1v) is 28.2. The third kappa shape index (κ3) is 52.5. The van der Waals surface area contributed by atoms with E-state index in [0.717, 1.165) is 70.6 Å². The Bertz CT molecular complexity index is 1060. The van der Waals surface area contributed by atoms with Crippen LogP contribution in [0.3, 0.4) is 0 Å². The van der Waals surface area contributed by atoms with Crippen molar-refractivity contribution in [3.05, 3.63) is 48.6 Å². The number of rotatable bonds is 52. The number of allylic oxidation sites excluding steroid dienone is 8. The second-order valence-corrected chi connectivity index (χ2v) is 18.8. The first-order valence-electron chi connectivity index (χ1n) is 28.2. The predicted octanol–water partition coefficient (Wildman–Crippen LogP) is 19.1. The van der Waals surface area contributed by atoms with Crippen LogP contribution in [0.5, 0.6) is 0 Å². The van der Waals surface area contributed by atoms with Crippen LogP contribution in [-0.4, -0.2) is 37.9 Å². The minimum Gasteiger partial charge on any atom is -0.462 e. The maximum atomic E-state index is 12.8. The smallest absolute Gasteiger partial charge is 0.306 e. The summed E-state index contributed by atoms with van der Waals surface area (Å²) in [4.78, 5) is 25.5. The van der Waals surface area contributed by atoms with Crippen molar-refractivity contribution in [3.63, 3.8) is 0 Å². The number of hydrogen-bond acceptors (Lipinski definition) is 5. The summed E-state index contributed by atoms with van der Waals surface area (Å²) < 4.78 is 17.5. The molecular weight excluding hydrogens is 789 g/mol. The van der Waals surface area contributed by atoms with Crippen molar-refractivity contribution < 1.29 is 23.8 Å². The average molecular weight is 898 g/mol. The lowest BCUT2D eigenvalue weighted by molar-refractivity contribution is -0.163. The van der Waals surface area contributed by atoms with Gasteiger partial charge in [-0.3, -0.25) is 9.59 Å². The highest BCUT2D eigenvalue weighted by Gasteiger charge is 2.17. The molecule has 1 atom stereocenters. The van der Waals surface area contributed by atoms with E-state index in [9.17, 15) is 9.59 Å². The molecule has 0 amide bonds. The maximum absolute atomic E-state index is 12.8. The van der Waals surface area contributed by atoms with Crippen LogP contribution in [0.2, 0.25) is 0 Å². The Balaban J connectivity index is 4.24. The third-order valence-electron chi connectivity index (χ3n) is 12.3. The molecule has 0 bridgehead atoms. The first-order chi connectivity index (χ1) is 31.6. The first kappa shape index (κ1) is 61.9. The molecule has 1 unspecified atom stereocenters. The summed E-state index contributed by atoms with van der Waals surface area (Å²) >= 11 is 0. The summed E-state index contributed by atoms with van der Waals surface area (Å²) in [5.74, 6) is -0.396. The zero-order valence-electron chi connectivity index (χ0n) is 43.1. The molecule has 0 aliphatic carbocycles. The van der Waals surface area contributed by atoms with Crippen LogP contribution >= 0.6 is 0 Å². The zero-order valence-corrected chi connectivity index (χ0v) is 43.1. The van der Waals surface area contributed by atoms with Gasteiger partial charge in [-0.1, -0.05) is 249 Å². The molecule has 0 fully saturated rings. The fourth-order valence-electron chi connectivity index (χ4n) is 8.17. The van der Waals surface area contributed by atoms with Crippen molar-refractivity contribution in [3.8, 4) is 0 Å². The van der Waals surface area contributed by atoms with E-state index in [2.05, 4.69) is 69.4 Å². The van der Waals surface area contributed by atoms with E-state index >= 15 is 0 Å². The van der Waals surface area contributed by atoms with Crippen molar-refractivity contribution in [1.29, 1.82) is 0 Å². The molecule has 0 aromatic heterocycles. The Labute approximate surface area is 399 Å². The van der Waals surface area contributed by atoms with Gasteiger partial charge < -0.3 is 14.2 Å². The number of carbonyl (C=O) groups excluding carboxylic acids is 2. The number of unbranched alkanes of at least 4 members (excludes halogenated alkanes) is 33. The number of ether oxygens (including phenoxy) is 3. The second kappa shape index (κ2) is 55.2. The van der Waals surface area contributed by atoms with Gasteiger partial charge in [0.25, 0.3) is 0 Å². The molecule has 5 nitrogen and oxygen atoms in total. The second-order valence-electron chi connectivity index (χ2n) is 18.8. The standard InChI is InChI=1S/C59H108O5/c1-4-7-10-13-16-19-22-25-27-29-31-33-36-39-42-45-48-51-54-62-55-57(64-59(61)53-50-47-44-41-38-34-24-21-18-15-12-9-6-3)56-63-58(60)52-49-46-43-40-37-35-32-30-28-26-23-20-17-14-11-8-5-2/h8,11,17,20,25-28,57H,4-7,9-10,12-16,18-19,21-24,29-56H2,1-3H3/b11-8-,20-17-,27-25-,28-26-. The van der Waals surface area contributed by atoms with Crippen molar-refractivity contribution in [1.82, 2.24) is 0 Å². The highest BCUT2D eigenvalue weighted by molar-refractivity contribution is 5.70. The van der Waals surface area contributed by atoms with Crippen LogP contribution in [-0.2, 0) is 23.8 Å². The van der Waals surface area contributed by atoms with E-state index in [0.29, 0.717) is 19.4 Å². The highest BCUT2D eigenvalue weighted by Crippen LogP contribution is 2.16. The Morgan fingerprint density at radius 1 is 0.359 bits per heavy atom. The van der Waals surface area contributed by atoms with Crippen molar-refractivity contribution in [2.75, 3.05) is 19.8 Å². The molecule has 0 aromatic rings. The molecule has 0 aliphatic heterocycles. The SMILES string of the molecule is CC/C=C\C/C=C\C/C=C\CCCCCCCCCC(=O)OCC(COCCCCCCCCCC/C=C\CCCCCCCC)OC(=O)CCCCCCCCCCCCCCC. The fourth-order valence-corrected chi connectivity index (χ4v) is 8.17. The van der Waals surface area contributed by atoms with Gasteiger partial charge in [-0.25, -0.2) is 0 Å². The van der Waals surface area contributed by atoms with Crippen LogP contribution in [0.15, 0.2) is 48.6 Å². The fraction of sp³-hybridized carbons (Fsp3) is 0.831. The lowest BCUT2D eigenvalue weighted by Crippen LogP contribution is -2.30. The number of esters is 2. The van der Waals surface area contributed by atoms with E-state index in [1.807, 2.05) is 0 Å². The van der Waals surface area contributed by atoms with Crippen LogP contribution in [0.1, 0.15) is 290 Å². The summed E-state index contributed by atoms with van der Waals surface area (Å²) in [7, 11) is 0. The lowest BCUT2D eigenvalue weighted by Gasteiger charge is -2.18. The van der Waals surface area contributed by atoms with Gasteiger partial charge in [-0.05, 0) is 77.0 Å². The predicted molar refractivity (Wildman–Crippen MR) is 279 cm³/mol. The normalized spacial score (nSPS) is 12.5. The minimum absolute atomic E-state index is 0.0825. The minimum atomic E-state index is -0.539. The number of carbonyl (C=O) groups is 2. The molecule has 64 heavy (non-hydrogen) atoms. The zero-order chi connectivity index (χ0) is 46.3. The van der Waals surface area contributed by atoms with Crippen molar-refractivity contribution in [2.45, 2.75) is 297 Å². The highest BCUT2D eigenvalue weighted by atomic mass is 16.6. The van der Waals surface area contributed by atoms with Crippen LogP contribution in [0.25, 0.3) is 0 Å². The summed E-state index contributed by atoms with van der Waals surface area (Å²) in [6, 6.07) is 0. The van der Waals surface area contributed by atoms with Crippen LogP contribution < -0.4 is 0 Å². The third-order valence-corrected chi connectivity index (χ3v) is 12.3. The monoisotopic (exact) mass is 897 g/mol. The lowest BCUT2D eigenvalue weighted by atomic mass is 10.0. The van der Waals surface area contributed by atoms with E-state index in [1.165, 1.54) is 186 Å². The summed E-state index contributed by atoms with van der Waals surface area (Å²) in [6.07, 6.45) is 68.4. The average Bonchev–Trinajstić information content (AvgIpc) is 3.30. The van der Waals surface area contributed by atoms with Gasteiger partial charge in [0.05, 0.1) is 6.61 Å². The molecule has 0 aromatic carbocycles. The number of hydrogen-bond donors (Lipinski definition) is 0. The van der Waals surface area contributed by atoms with Gasteiger partial charge in [0.2, 0.25) is 0 Å². The van der Waals surface area contributed by atoms with Crippen molar-refractivity contribution >= 4 is 11.9 Å². The molecule has 5 heteroatoms. The van der Waals surface area contributed by atoms with E-state index < -0.39 is 6.10 Å². The molecule has 0 saturated heterocycles. The topological polar surface area (TPSA) is 61.8 Å². The Hall–Kier alpha value is -2.14. The summed E-state index contributed by atoms with van der Waals surface area (Å²) in [5, 5.41) is 0. The van der Waals surface area contributed by atoms with Gasteiger partial charge in [-0.2, -0.15) is 0 Å². The van der Waals surface area contributed by atoms with Gasteiger partial charge in [0.1, 0.15) is 6.61 Å². The molecule has 0 spiro atoms. The van der Waals surface area contributed by atoms with Crippen LogP contribution in [0.4, 0.5) is 0 Å². The molecular formula is C59H108O5. The molecule has 0 N–H and O–H groups in total. The molecule has 0 heterocycles. The van der Waals surface area contributed by atoms with Crippen molar-refractivity contribution in [2.24, 2.45) is 0 Å². The Morgan fingerprint density at radius 3 is 1.14 bits per heavy atom. The molecule has 0 saturated carbocycles. The van der Waals surface area contributed by atoms with E-state index in [-0.39, 0.29) is 25.2 Å². The van der Waals surface area contributed by atoms with Gasteiger partial charge >= 0.3 is 11.9 Å². The Morgan fingerprint density at radius 2 is 0.703 bits per heavy atom. The molecule has 374 valence electrons. The quantitative estimate of drug-likeness (QED) is 0.0346. The largest absolute Gasteiger partial charge is 0.462 e. The molecule has 0 radical (unpaired) electrons. The van der Waals surface area contributed by atoms with E-state index in [1.54, 1.807) is 0 Å². The molecule has 0 aliphatic rings. The van der Waals surface area contributed by atoms with Crippen LogP contribution in [0, 0.1) is 0 Å². The van der Waals surface area contributed by atoms with Gasteiger partial charge in [0.15, 0.2) is 6.10 Å².